The van der Waals surface area contributed by atoms with Gasteiger partial charge in [0.15, 0.2) is 0 Å². The van der Waals surface area contributed by atoms with Gasteiger partial charge in [0, 0.05) is 25.6 Å². The molecule has 2 rings (SSSR count). The summed E-state index contributed by atoms with van der Waals surface area (Å²) < 4.78 is 38.7. The van der Waals surface area contributed by atoms with Crippen molar-refractivity contribution in [2.24, 2.45) is 0 Å². The highest BCUT2D eigenvalue weighted by Crippen LogP contribution is 2.38. The Morgan fingerprint density at radius 1 is 1.19 bits per heavy atom. The molecule has 0 spiro atoms. The van der Waals surface area contributed by atoms with Crippen molar-refractivity contribution in [2.75, 3.05) is 0 Å². The van der Waals surface area contributed by atoms with Crippen LogP contribution < -0.4 is 0 Å². The molecule has 0 bridgehead atoms. The molecule has 88 valence electrons. The Morgan fingerprint density at radius 2 is 1.88 bits per heavy atom. The number of hydrogen-bond acceptors (Lipinski definition) is 2. The van der Waals surface area contributed by atoms with Crippen molar-refractivity contribution in [3.05, 3.63) is 21.4 Å². The van der Waals surface area contributed by atoms with Crippen LogP contribution in [0, 0.1) is 13.8 Å². The molecule has 0 fully saturated rings. The third-order valence-electron chi connectivity index (χ3n) is 2.44. The molecule has 2 aromatic rings. The average molecular weight is 264 g/mol. The van der Waals surface area contributed by atoms with Crippen molar-refractivity contribution in [3.8, 4) is 0 Å². The van der Waals surface area contributed by atoms with Crippen LogP contribution in [0.15, 0.2) is 6.07 Å². The van der Waals surface area contributed by atoms with E-state index in [0.29, 0.717) is 0 Å². The Morgan fingerprint density at radius 3 is 2.50 bits per heavy atom. The minimum absolute atomic E-state index is 0.106. The third-order valence-corrected chi connectivity index (χ3v) is 4.78. The number of rotatable bonds is 2. The number of halogens is 3. The molecule has 2 heterocycles. The Bertz CT molecular complexity index is 505. The number of hydrogen-bond donors (Lipinski definition) is 0. The Kier molecular flexibility index (Phi) is 3.01. The summed E-state index contributed by atoms with van der Waals surface area (Å²) in [6, 6.07) is 2.05. The fraction of sp³-hybridized carbons (Fsp3) is 0.455. The zero-order chi connectivity index (χ0) is 11.9. The van der Waals surface area contributed by atoms with E-state index >= 15 is 0 Å². The summed E-state index contributed by atoms with van der Waals surface area (Å²) >= 11 is 3.19. The van der Waals surface area contributed by atoms with Crippen molar-refractivity contribution in [1.29, 1.82) is 0 Å². The van der Waals surface area contributed by atoms with E-state index < -0.39 is 12.6 Å². The van der Waals surface area contributed by atoms with E-state index in [4.69, 9.17) is 0 Å². The fourth-order valence-corrected chi connectivity index (χ4v) is 4.25. The molecular formula is C11H11F3S2. The van der Waals surface area contributed by atoms with E-state index in [1.54, 1.807) is 22.7 Å². The highest BCUT2D eigenvalue weighted by atomic mass is 32.1. The van der Waals surface area contributed by atoms with Gasteiger partial charge in [0.25, 0.3) is 0 Å². The summed E-state index contributed by atoms with van der Waals surface area (Å²) in [5.74, 6) is 0. The summed E-state index contributed by atoms with van der Waals surface area (Å²) in [5, 5.41) is 0. The second-order valence-corrected chi connectivity index (χ2v) is 6.32. The van der Waals surface area contributed by atoms with E-state index in [9.17, 15) is 13.2 Å². The topological polar surface area (TPSA) is 0 Å². The Balaban J connectivity index is 2.31. The van der Waals surface area contributed by atoms with Gasteiger partial charge in [-0.25, -0.2) is 0 Å². The van der Waals surface area contributed by atoms with Crippen LogP contribution in [-0.4, -0.2) is 6.18 Å². The van der Waals surface area contributed by atoms with Crippen LogP contribution in [0.4, 0.5) is 13.2 Å². The minimum atomic E-state index is -4.06. The van der Waals surface area contributed by atoms with Crippen LogP contribution in [0.25, 0.3) is 9.40 Å². The second kappa shape index (κ2) is 4.04. The summed E-state index contributed by atoms with van der Waals surface area (Å²) in [4.78, 5) is 2.18. The quantitative estimate of drug-likeness (QED) is 0.710. The molecular weight excluding hydrogens is 253 g/mol. The van der Waals surface area contributed by atoms with Gasteiger partial charge < -0.3 is 0 Å². The highest BCUT2D eigenvalue weighted by molar-refractivity contribution is 7.28. The smallest absolute Gasteiger partial charge is 0.171 e. The summed E-state index contributed by atoms with van der Waals surface area (Å²) in [6.45, 7) is 3.89. The molecule has 0 atom stereocenters. The van der Waals surface area contributed by atoms with Gasteiger partial charge in [-0.15, -0.1) is 22.7 Å². The van der Waals surface area contributed by atoms with Crippen molar-refractivity contribution in [2.45, 2.75) is 32.9 Å². The predicted octanol–water partition coefficient (Wildman–Crippen LogP) is 5.07. The number of aryl methyl sites for hydroxylation is 3. The summed E-state index contributed by atoms with van der Waals surface area (Å²) in [7, 11) is 0. The molecule has 0 aliphatic heterocycles. The SMILES string of the molecule is Cc1cc2sc(C)c(CCC(F)(F)F)c2s1. The fourth-order valence-electron chi connectivity index (χ4n) is 1.72. The highest BCUT2D eigenvalue weighted by Gasteiger charge is 2.27. The van der Waals surface area contributed by atoms with Gasteiger partial charge in [0.05, 0.1) is 0 Å². The molecule has 0 aliphatic carbocycles. The zero-order valence-electron chi connectivity index (χ0n) is 8.94. The van der Waals surface area contributed by atoms with Gasteiger partial charge in [-0.1, -0.05) is 0 Å². The maximum Gasteiger partial charge on any atom is 0.389 e. The lowest BCUT2D eigenvalue weighted by Gasteiger charge is -2.05. The lowest BCUT2D eigenvalue weighted by atomic mass is 10.1. The van der Waals surface area contributed by atoms with Crippen LogP contribution in [0.5, 0.6) is 0 Å². The molecule has 0 saturated carbocycles. The van der Waals surface area contributed by atoms with Crippen LogP contribution in [0.1, 0.15) is 21.7 Å². The Labute approximate surface area is 99.7 Å². The molecule has 0 radical (unpaired) electrons. The van der Waals surface area contributed by atoms with E-state index in [1.807, 2.05) is 13.8 Å². The van der Waals surface area contributed by atoms with Crippen molar-refractivity contribution >= 4 is 32.1 Å². The number of fused-ring (bicyclic) bond motifs is 1. The van der Waals surface area contributed by atoms with Crippen LogP contribution in [0.3, 0.4) is 0 Å². The van der Waals surface area contributed by atoms with Crippen molar-refractivity contribution in [3.63, 3.8) is 0 Å². The maximum atomic E-state index is 12.2. The monoisotopic (exact) mass is 264 g/mol. The Hall–Kier alpha value is -0.550. The number of thiophene rings is 2. The largest absolute Gasteiger partial charge is 0.389 e. The second-order valence-electron chi connectivity index (χ2n) is 3.80. The third kappa shape index (κ3) is 2.40. The first kappa shape index (κ1) is 11.9. The van der Waals surface area contributed by atoms with Gasteiger partial charge in [0.1, 0.15) is 0 Å². The van der Waals surface area contributed by atoms with Gasteiger partial charge in [-0.05, 0) is 31.9 Å². The summed E-state index contributed by atoms with van der Waals surface area (Å²) in [5.41, 5.74) is 0.885. The van der Waals surface area contributed by atoms with Gasteiger partial charge >= 0.3 is 6.18 Å². The molecule has 16 heavy (non-hydrogen) atoms. The first-order chi connectivity index (χ1) is 7.37. The van der Waals surface area contributed by atoms with Crippen LogP contribution >= 0.6 is 22.7 Å². The lowest BCUT2D eigenvalue weighted by Crippen LogP contribution is -2.08. The first-order valence-electron chi connectivity index (χ1n) is 4.92. The molecule has 2 aromatic heterocycles. The van der Waals surface area contributed by atoms with E-state index in [1.165, 1.54) is 0 Å². The van der Waals surface area contributed by atoms with Crippen LogP contribution in [-0.2, 0) is 6.42 Å². The minimum Gasteiger partial charge on any atom is -0.171 e. The molecule has 0 amide bonds. The molecule has 0 aromatic carbocycles. The molecule has 0 unspecified atom stereocenters. The standard InChI is InChI=1S/C11H11F3S2/c1-6-5-9-10(15-6)8(7(2)16-9)3-4-11(12,13)14/h5H,3-4H2,1-2H3. The van der Waals surface area contributed by atoms with Gasteiger partial charge in [0.2, 0.25) is 0 Å². The van der Waals surface area contributed by atoms with Gasteiger partial charge in [-0.2, -0.15) is 13.2 Å². The van der Waals surface area contributed by atoms with Crippen LogP contribution in [0.2, 0.25) is 0 Å². The molecule has 5 heteroatoms. The number of alkyl halides is 3. The maximum absolute atomic E-state index is 12.2. The molecule has 0 aliphatic rings. The molecule has 0 saturated heterocycles. The first-order valence-corrected chi connectivity index (χ1v) is 6.55. The van der Waals surface area contributed by atoms with Crippen molar-refractivity contribution < 1.29 is 13.2 Å². The van der Waals surface area contributed by atoms with E-state index in [-0.39, 0.29) is 6.42 Å². The summed E-state index contributed by atoms with van der Waals surface area (Å²) in [6.07, 6.45) is -4.68. The van der Waals surface area contributed by atoms with E-state index in [0.717, 1.165) is 24.7 Å². The van der Waals surface area contributed by atoms with E-state index in [2.05, 4.69) is 6.07 Å². The predicted molar refractivity (Wildman–Crippen MR) is 63.6 cm³/mol. The van der Waals surface area contributed by atoms with Gasteiger partial charge in [-0.3, -0.25) is 0 Å². The molecule has 0 nitrogen and oxygen atoms in total. The molecule has 0 N–H and O–H groups in total. The zero-order valence-corrected chi connectivity index (χ0v) is 10.6. The normalized spacial score (nSPS) is 12.6. The average Bonchev–Trinajstić information content (AvgIpc) is 2.56. The van der Waals surface area contributed by atoms with Crippen molar-refractivity contribution in [1.82, 2.24) is 0 Å². The lowest BCUT2D eigenvalue weighted by molar-refractivity contribution is -0.133.